The van der Waals surface area contributed by atoms with Crippen LogP contribution in [0.25, 0.3) is 11.3 Å². The van der Waals surface area contributed by atoms with Gasteiger partial charge in [0, 0.05) is 10.9 Å². The van der Waals surface area contributed by atoms with Crippen LogP contribution in [0.1, 0.15) is 24.9 Å². The smallest absolute Gasteiger partial charge is 0.269 e. The average molecular weight is 506 g/mol. The molecule has 3 aromatic heterocycles. The highest BCUT2D eigenvalue weighted by Crippen LogP contribution is 2.27. The standard InChI is InChI=1S/C18H12BrN5O2S3/c1-9-2-4-10(5-3-9)11-8-27-18(22-11)24-15(26)13-7-21-17(29-13)23-14(25)12-6-20-16(19)28-12/h2-8H,1H3,(H,21,23,25)(H,22,24,26). The molecule has 0 saturated carbocycles. The molecule has 0 aliphatic carbocycles. The molecule has 0 spiro atoms. The zero-order chi connectivity index (χ0) is 20.4. The van der Waals surface area contributed by atoms with Crippen molar-refractivity contribution in [1.29, 1.82) is 0 Å². The van der Waals surface area contributed by atoms with Crippen LogP contribution < -0.4 is 10.6 Å². The van der Waals surface area contributed by atoms with E-state index < -0.39 is 0 Å². The summed E-state index contributed by atoms with van der Waals surface area (Å²) in [5.74, 6) is -0.648. The van der Waals surface area contributed by atoms with E-state index in [0.29, 0.717) is 23.9 Å². The number of aryl methyl sites for hydroxylation is 1. The number of thiazole rings is 3. The Bertz CT molecular complexity index is 1180. The molecule has 0 aliphatic rings. The normalized spacial score (nSPS) is 10.7. The third-order valence-corrected chi connectivity index (χ3v) is 6.87. The summed E-state index contributed by atoms with van der Waals surface area (Å²) in [6, 6.07) is 8.03. The number of halogens is 1. The first-order valence-electron chi connectivity index (χ1n) is 8.20. The Morgan fingerprint density at radius 1 is 0.931 bits per heavy atom. The van der Waals surface area contributed by atoms with Crippen molar-refractivity contribution in [3.63, 3.8) is 0 Å². The van der Waals surface area contributed by atoms with Gasteiger partial charge in [-0.3, -0.25) is 20.2 Å². The van der Waals surface area contributed by atoms with Crippen molar-refractivity contribution in [3.05, 3.63) is 61.3 Å². The molecule has 29 heavy (non-hydrogen) atoms. The van der Waals surface area contributed by atoms with Gasteiger partial charge in [0.05, 0.1) is 18.1 Å². The quantitative estimate of drug-likeness (QED) is 0.383. The van der Waals surface area contributed by atoms with Crippen LogP contribution in [0.15, 0.2) is 46.0 Å². The maximum atomic E-state index is 12.5. The molecule has 2 amide bonds. The van der Waals surface area contributed by atoms with E-state index in [1.54, 1.807) is 0 Å². The molecular weight excluding hydrogens is 494 g/mol. The fourth-order valence-corrected chi connectivity index (χ4v) is 4.88. The predicted octanol–water partition coefficient (Wildman–Crippen LogP) is 5.30. The number of benzene rings is 1. The zero-order valence-electron chi connectivity index (χ0n) is 14.8. The number of amides is 2. The third-order valence-electron chi connectivity index (χ3n) is 3.72. The zero-order valence-corrected chi connectivity index (χ0v) is 18.8. The third kappa shape index (κ3) is 4.75. The van der Waals surface area contributed by atoms with Crippen molar-refractivity contribution in [3.8, 4) is 11.3 Å². The van der Waals surface area contributed by atoms with Crippen LogP contribution in [0.5, 0.6) is 0 Å². The van der Waals surface area contributed by atoms with Crippen LogP contribution in [0.2, 0.25) is 0 Å². The summed E-state index contributed by atoms with van der Waals surface area (Å²) in [6.45, 7) is 2.03. The Balaban J connectivity index is 1.40. The van der Waals surface area contributed by atoms with Crippen LogP contribution in [0, 0.1) is 6.92 Å². The number of nitrogens with one attached hydrogen (secondary N) is 2. The molecule has 3 heterocycles. The van der Waals surface area contributed by atoms with Gasteiger partial charge in [0.15, 0.2) is 14.2 Å². The molecule has 0 saturated heterocycles. The van der Waals surface area contributed by atoms with Gasteiger partial charge in [0.2, 0.25) is 0 Å². The van der Waals surface area contributed by atoms with Crippen LogP contribution in [-0.2, 0) is 0 Å². The van der Waals surface area contributed by atoms with E-state index in [9.17, 15) is 9.59 Å². The Labute approximate surface area is 186 Å². The summed E-state index contributed by atoms with van der Waals surface area (Å²) in [7, 11) is 0. The lowest BCUT2D eigenvalue weighted by Gasteiger charge is -1.99. The molecule has 2 N–H and O–H groups in total. The van der Waals surface area contributed by atoms with Crippen molar-refractivity contribution in [2.45, 2.75) is 6.92 Å². The van der Waals surface area contributed by atoms with E-state index in [4.69, 9.17) is 0 Å². The van der Waals surface area contributed by atoms with Gasteiger partial charge in [0.25, 0.3) is 11.8 Å². The first-order valence-corrected chi connectivity index (χ1v) is 11.5. The lowest BCUT2D eigenvalue weighted by Crippen LogP contribution is -2.10. The number of carbonyl (C=O) groups is 2. The molecule has 146 valence electrons. The van der Waals surface area contributed by atoms with Crippen LogP contribution in [0.4, 0.5) is 10.3 Å². The van der Waals surface area contributed by atoms with E-state index in [-0.39, 0.29) is 11.8 Å². The minimum absolute atomic E-state index is 0.322. The minimum atomic E-state index is -0.326. The Morgan fingerprint density at radius 3 is 2.28 bits per heavy atom. The molecule has 11 heteroatoms. The molecule has 0 fully saturated rings. The van der Waals surface area contributed by atoms with Gasteiger partial charge in [0.1, 0.15) is 9.75 Å². The Morgan fingerprint density at radius 2 is 1.59 bits per heavy atom. The molecule has 0 radical (unpaired) electrons. The summed E-state index contributed by atoms with van der Waals surface area (Å²) in [5.41, 5.74) is 2.97. The molecule has 7 nitrogen and oxygen atoms in total. The molecule has 0 aliphatic heterocycles. The van der Waals surface area contributed by atoms with Gasteiger partial charge < -0.3 is 0 Å². The number of nitrogens with zero attached hydrogens (tertiary/aromatic N) is 3. The maximum absolute atomic E-state index is 12.5. The van der Waals surface area contributed by atoms with Gasteiger partial charge >= 0.3 is 0 Å². The highest BCUT2D eigenvalue weighted by Gasteiger charge is 2.16. The average Bonchev–Trinajstić information content (AvgIpc) is 3.43. The molecule has 0 unspecified atom stereocenters. The van der Waals surface area contributed by atoms with Crippen molar-refractivity contribution in [2.75, 3.05) is 10.6 Å². The van der Waals surface area contributed by atoms with Crippen molar-refractivity contribution >= 4 is 72.0 Å². The second-order valence-corrected chi connectivity index (χ2v) is 10.0. The SMILES string of the molecule is Cc1ccc(-c2csc(NC(=O)c3cnc(NC(=O)c4cnc(Br)s4)s3)n2)cc1. The van der Waals surface area contributed by atoms with E-state index in [1.165, 1.54) is 40.6 Å². The first-order chi connectivity index (χ1) is 14.0. The molecular formula is C18H12BrN5O2S3. The molecule has 4 aromatic rings. The predicted molar refractivity (Wildman–Crippen MR) is 120 cm³/mol. The summed E-state index contributed by atoms with van der Waals surface area (Å²) in [4.78, 5) is 38.0. The molecule has 1 aromatic carbocycles. The van der Waals surface area contributed by atoms with E-state index in [1.807, 2.05) is 36.6 Å². The fourth-order valence-electron chi connectivity index (χ4n) is 2.30. The maximum Gasteiger partial charge on any atom is 0.269 e. The Kier molecular flexibility index (Phi) is 5.81. The summed E-state index contributed by atoms with van der Waals surface area (Å²) >= 11 is 6.87. The minimum Gasteiger partial charge on any atom is -0.297 e. The lowest BCUT2D eigenvalue weighted by molar-refractivity contribution is 0.102. The number of hydrogen-bond acceptors (Lipinski definition) is 8. The van der Waals surface area contributed by atoms with E-state index in [2.05, 4.69) is 41.5 Å². The molecule has 4 rings (SSSR count). The molecule has 0 bridgehead atoms. The van der Waals surface area contributed by atoms with E-state index >= 15 is 0 Å². The summed E-state index contributed by atoms with van der Waals surface area (Å²) in [6.07, 6.45) is 2.89. The molecule has 0 atom stereocenters. The van der Waals surface area contributed by atoms with Gasteiger partial charge in [-0.05, 0) is 22.9 Å². The highest BCUT2D eigenvalue weighted by molar-refractivity contribution is 9.11. The number of carbonyl (C=O) groups excluding carboxylic acids is 2. The van der Waals surface area contributed by atoms with Gasteiger partial charge in [-0.25, -0.2) is 15.0 Å². The lowest BCUT2D eigenvalue weighted by atomic mass is 10.1. The van der Waals surface area contributed by atoms with Crippen molar-refractivity contribution in [2.24, 2.45) is 0 Å². The van der Waals surface area contributed by atoms with Crippen molar-refractivity contribution in [1.82, 2.24) is 15.0 Å². The van der Waals surface area contributed by atoms with Crippen molar-refractivity contribution < 1.29 is 9.59 Å². The monoisotopic (exact) mass is 505 g/mol. The van der Waals surface area contributed by atoms with Crippen LogP contribution in [-0.4, -0.2) is 26.8 Å². The number of anilines is 2. The van der Waals surface area contributed by atoms with Gasteiger partial charge in [-0.1, -0.05) is 41.2 Å². The topological polar surface area (TPSA) is 96.9 Å². The van der Waals surface area contributed by atoms with Crippen LogP contribution >= 0.6 is 49.9 Å². The first kappa shape index (κ1) is 19.8. The highest BCUT2D eigenvalue weighted by atomic mass is 79.9. The fraction of sp³-hybridized carbons (Fsp3) is 0.0556. The second-order valence-electron chi connectivity index (χ2n) is 5.82. The second kappa shape index (κ2) is 8.49. The number of aromatic nitrogens is 3. The van der Waals surface area contributed by atoms with Crippen LogP contribution in [0.3, 0.4) is 0 Å². The Hall–Kier alpha value is -2.47. The largest absolute Gasteiger partial charge is 0.297 e. The summed E-state index contributed by atoms with van der Waals surface area (Å²) < 4.78 is 0.621. The van der Waals surface area contributed by atoms with E-state index in [0.717, 1.165) is 22.6 Å². The number of rotatable bonds is 5. The van der Waals surface area contributed by atoms with Gasteiger partial charge in [-0.15, -0.1) is 22.7 Å². The van der Waals surface area contributed by atoms with Gasteiger partial charge in [-0.2, -0.15) is 0 Å². The number of hydrogen-bond donors (Lipinski definition) is 2. The summed E-state index contributed by atoms with van der Waals surface area (Å²) in [5, 5.41) is 8.17.